The van der Waals surface area contributed by atoms with Crippen LogP contribution in [0.15, 0.2) is 46.9 Å². The Morgan fingerprint density at radius 2 is 1.79 bits per heavy atom. The standard InChI is InChI=1S/C15H15BrN2O/c1-10-9-11(3-8-14(10)16)15(19)18(2)13-6-4-12(17)5-7-13/h3-9H,17H2,1-2H3. The number of halogens is 1. The number of nitrogens with two attached hydrogens (primary N) is 1. The Morgan fingerprint density at radius 3 is 2.37 bits per heavy atom. The number of nitrogens with zero attached hydrogens (tertiary/aromatic N) is 1. The quantitative estimate of drug-likeness (QED) is 0.860. The Kier molecular flexibility index (Phi) is 3.90. The van der Waals surface area contributed by atoms with Gasteiger partial charge in [-0.3, -0.25) is 4.79 Å². The van der Waals surface area contributed by atoms with Gasteiger partial charge in [-0.1, -0.05) is 15.9 Å². The highest BCUT2D eigenvalue weighted by molar-refractivity contribution is 9.10. The average Bonchev–Trinajstić information content (AvgIpc) is 2.41. The zero-order valence-electron chi connectivity index (χ0n) is 10.9. The molecule has 0 aromatic heterocycles. The fraction of sp³-hybridized carbons (Fsp3) is 0.133. The van der Waals surface area contributed by atoms with Gasteiger partial charge in [0.25, 0.3) is 5.91 Å². The third-order valence-electron chi connectivity index (χ3n) is 2.99. The number of amides is 1. The first-order chi connectivity index (χ1) is 8.99. The van der Waals surface area contributed by atoms with Crippen molar-refractivity contribution in [2.45, 2.75) is 6.92 Å². The highest BCUT2D eigenvalue weighted by atomic mass is 79.9. The number of hydrogen-bond acceptors (Lipinski definition) is 2. The van der Waals surface area contributed by atoms with Gasteiger partial charge >= 0.3 is 0 Å². The molecule has 0 fully saturated rings. The van der Waals surface area contributed by atoms with Crippen LogP contribution in [0.1, 0.15) is 15.9 Å². The SMILES string of the molecule is Cc1cc(C(=O)N(C)c2ccc(N)cc2)ccc1Br. The summed E-state index contributed by atoms with van der Waals surface area (Å²) < 4.78 is 0.999. The van der Waals surface area contributed by atoms with Gasteiger partial charge in [0.15, 0.2) is 0 Å². The van der Waals surface area contributed by atoms with Gasteiger partial charge in [-0.2, -0.15) is 0 Å². The van der Waals surface area contributed by atoms with Gasteiger partial charge < -0.3 is 10.6 Å². The summed E-state index contributed by atoms with van der Waals surface area (Å²) in [4.78, 5) is 14.0. The molecule has 2 aromatic carbocycles. The number of rotatable bonds is 2. The van der Waals surface area contributed by atoms with Crippen LogP contribution >= 0.6 is 15.9 Å². The monoisotopic (exact) mass is 318 g/mol. The van der Waals surface area contributed by atoms with E-state index in [9.17, 15) is 4.79 Å². The predicted molar refractivity (Wildman–Crippen MR) is 82.5 cm³/mol. The molecule has 2 N–H and O–H groups in total. The maximum atomic E-state index is 12.4. The number of carbonyl (C=O) groups excluding carboxylic acids is 1. The number of aryl methyl sites for hydroxylation is 1. The third-order valence-corrected chi connectivity index (χ3v) is 3.88. The number of hydrogen-bond donors (Lipinski definition) is 1. The van der Waals surface area contributed by atoms with Crippen LogP contribution in [0, 0.1) is 6.92 Å². The van der Waals surface area contributed by atoms with Gasteiger partial charge in [0.1, 0.15) is 0 Å². The maximum Gasteiger partial charge on any atom is 0.258 e. The fourth-order valence-electron chi connectivity index (χ4n) is 1.79. The van der Waals surface area contributed by atoms with E-state index in [1.165, 1.54) is 0 Å². The molecule has 0 aliphatic heterocycles. The molecule has 0 saturated carbocycles. The molecule has 0 aliphatic carbocycles. The zero-order valence-corrected chi connectivity index (χ0v) is 12.4. The van der Waals surface area contributed by atoms with Crippen LogP contribution < -0.4 is 10.6 Å². The van der Waals surface area contributed by atoms with Crippen molar-refractivity contribution in [3.63, 3.8) is 0 Å². The molecule has 3 nitrogen and oxygen atoms in total. The number of anilines is 2. The summed E-state index contributed by atoms with van der Waals surface area (Å²) in [5, 5.41) is 0. The van der Waals surface area contributed by atoms with E-state index < -0.39 is 0 Å². The summed E-state index contributed by atoms with van der Waals surface area (Å²) in [5.74, 6) is -0.0413. The lowest BCUT2D eigenvalue weighted by Crippen LogP contribution is -2.26. The second-order valence-corrected chi connectivity index (χ2v) is 5.27. The molecule has 0 atom stereocenters. The van der Waals surface area contributed by atoms with Gasteiger partial charge in [0.05, 0.1) is 0 Å². The summed E-state index contributed by atoms with van der Waals surface area (Å²) in [5.41, 5.74) is 8.85. The minimum Gasteiger partial charge on any atom is -0.399 e. The molecular formula is C15H15BrN2O. The largest absolute Gasteiger partial charge is 0.399 e. The molecule has 98 valence electrons. The Labute approximate surface area is 121 Å². The first kappa shape index (κ1) is 13.6. The van der Waals surface area contributed by atoms with E-state index in [2.05, 4.69) is 15.9 Å². The van der Waals surface area contributed by atoms with Gasteiger partial charge in [-0.05, 0) is 55.0 Å². The molecule has 2 rings (SSSR count). The van der Waals surface area contributed by atoms with Gasteiger partial charge in [0, 0.05) is 28.5 Å². The second-order valence-electron chi connectivity index (χ2n) is 4.42. The van der Waals surface area contributed by atoms with Crippen molar-refractivity contribution in [2.75, 3.05) is 17.7 Å². The summed E-state index contributed by atoms with van der Waals surface area (Å²) in [6.07, 6.45) is 0. The fourth-order valence-corrected chi connectivity index (χ4v) is 2.03. The van der Waals surface area contributed by atoms with Crippen LogP contribution in [0.4, 0.5) is 11.4 Å². The molecule has 0 saturated heterocycles. The average molecular weight is 319 g/mol. The predicted octanol–water partition coefficient (Wildman–Crippen LogP) is 3.62. The summed E-state index contributed by atoms with van der Waals surface area (Å²) in [7, 11) is 1.76. The van der Waals surface area contributed by atoms with Gasteiger partial charge in [-0.15, -0.1) is 0 Å². The third kappa shape index (κ3) is 2.96. The van der Waals surface area contributed by atoms with E-state index in [0.29, 0.717) is 11.3 Å². The van der Waals surface area contributed by atoms with Crippen LogP contribution in [0.25, 0.3) is 0 Å². The second kappa shape index (κ2) is 5.45. The smallest absolute Gasteiger partial charge is 0.258 e. The van der Waals surface area contributed by atoms with Crippen molar-refractivity contribution in [1.82, 2.24) is 0 Å². The van der Waals surface area contributed by atoms with E-state index in [0.717, 1.165) is 15.7 Å². The summed E-state index contributed by atoms with van der Waals surface area (Å²) in [6, 6.07) is 12.8. The molecule has 0 unspecified atom stereocenters. The van der Waals surface area contributed by atoms with Crippen molar-refractivity contribution >= 4 is 33.2 Å². The Balaban J connectivity index is 2.28. The lowest BCUT2D eigenvalue weighted by molar-refractivity contribution is 0.0993. The summed E-state index contributed by atoms with van der Waals surface area (Å²) >= 11 is 3.43. The zero-order chi connectivity index (χ0) is 14.0. The van der Waals surface area contributed by atoms with Crippen molar-refractivity contribution in [2.24, 2.45) is 0 Å². The summed E-state index contributed by atoms with van der Waals surface area (Å²) in [6.45, 7) is 1.96. The highest BCUT2D eigenvalue weighted by Gasteiger charge is 2.13. The number of nitrogen functional groups attached to an aromatic ring is 1. The first-order valence-electron chi connectivity index (χ1n) is 5.89. The minimum atomic E-state index is -0.0413. The van der Waals surface area contributed by atoms with Crippen LogP contribution in [0.3, 0.4) is 0 Å². The molecule has 0 aliphatic rings. The van der Waals surface area contributed by atoms with Crippen molar-refractivity contribution in [1.29, 1.82) is 0 Å². The van der Waals surface area contributed by atoms with E-state index in [4.69, 9.17) is 5.73 Å². The van der Waals surface area contributed by atoms with E-state index in [1.54, 1.807) is 24.1 Å². The Morgan fingerprint density at radius 1 is 1.16 bits per heavy atom. The van der Waals surface area contributed by atoms with Crippen molar-refractivity contribution in [3.05, 3.63) is 58.1 Å². The molecule has 1 amide bonds. The van der Waals surface area contributed by atoms with Crippen LogP contribution in [0.2, 0.25) is 0 Å². The Bertz CT molecular complexity index is 608. The van der Waals surface area contributed by atoms with E-state index in [-0.39, 0.29) is 5.91 Å². The Hall–Kier alpha value is -1.81. The van der Waals surface area contributed by atoms with E-state index in [1.807, 2.05) is 37.3 Å². The van der Waals surface area contributed by atoms with E-state index >= 15 is 0 Å². The first-order valence-corrected chi connectivity index (χ1v) is 6.68. The molecule has 2 aromatic rings. The lowest BCUT2D eigenvalue weighted by Gasteiger charge is -2.18. The molecule has 0 radical (unpaired) electrons. The topological polar surface area (TPSA) is 46.3 Å². The maximum absolute atomic E-state index is 12.4. The number of carbonyl (C=O) groups is 1. The normalized spacial score (nSPS) is 10.3. The molecular weight excluding hydrogens is 304 g/mol. The van der Waals surface area contributed by atoms with Gasteiger partial charge in [-0.25, -0.2) is 0 Å². The molecule has 0 bridgehead atoms. The van der Waals surface area contributed by atoms with Crippen molar-refractivity contribution < 1.29 is 4.79 Å². The molecule has 0 spiro atoms. The number of benzene rings is 2. The lowest BCUT2D eigenvalue weighted by atomic mass is 10.1. The molecule has 19 heavy (non-hydrogen) atoms. The highest BCUT2D eigenvalue weighted by Crippen LogP contribution is 2.21. The van der Waals surface area contributed by atoms with Crippen LogP contribution in [0.5, 0.6) is 0 Å². The van der Waals surface area contributed by atoms with Crippen molar-refractivity contribution in [3.8, 4) is 0 Å². The van der Waals surface area contributed by atoms with Crippen LogP contribution in [-0.2, 0) is 0 Å². The van der Waals surface area contributed by atoms with Crippen LogP contribution in [-0.4, -0.2) is 13.0 Å². The molecule has 0 heterocycles. The van der Waals surface area contributed by atoms with Gasteiger partial charge in [0.2, 0.25) is 0 Å². The minimum absolute atomic E-state index is 0.0413. The molecule has 4 heteroatoms.